The number of fused-ring (bicyclic) bond motifs is 1. The van der Waals surface area contributed by atoms with E-state index in [0.29, 0.717) is 35.5 Å². The zero-order valence-corrected chi connectivity index (χ0v) is 15.4. The van der Waals surface area contributed by atoms with Crippen LogP contribution in [0.15, 0.2) is 36.4 Å². The third kappa shape index (κ3) is 2.92. The van der Waals surface area contributed by atoms with E-state index in [1.165, 1.54) is 4.90 Å². The lowest BCUT2D eigenvalue weighted by molar-refractivity contribution is 0.0735. The van der Waals surface area contributed by atoms with Gasteiger partial charge in [0.15, 0.2) is 0 Å². The lowest BCUT2D eigenvalue weighted by Crippen LogP contribution is -2.46. The van der Waals surface area contributed by atoms with E-state index < -0.39 is 0 Å². The van der Waals surface area contributed by atoms with Gasteiger partial charge in [-0.3, -0.25) is 14.4 Å². The number of benzene rings is 2. The Balaban J connectivity index is 1.69. The van der Waals surface area contributed by atoms with Crippen LogP contribution in [-0.2, 0) is 0 Å². The van der Waals surface area contributed by atoms with Crippen LogP contribution in [0, 0.1) is 13.8 Å². The van der Waals surface area contributed by atoms with Gasteiger partial charge in [-0.05, 0) is 49.2 Å². The van der Waals surface area contributed by atoms with Crippen LogP contribution in [-0.4, -0.2) is 48.8 Å². The van der Waals surface area contributed by atoms with Crippen molar-refractivity contribution in [3.8, 4) is 0 Å². The van der Waals surface area contributed by atoms with Crippen molar-refractivity contribution in [3.05, 3.63) is 64.2 Å². The summed E-state index contributed by atoms with van der Waals surface area (Å²) in [7, 11) is 0. The van der Waals surface area contributed by atoms with Crippen molar-refractivity contribution in [1.29, 1.82) is 0 Å². The highest BCUT2D eigenvalue weighted by atomic mass is 16.2. The number of hydrogen-bond donors (Lipinski definition) is 1. The molecule has 2 aliphatic rings. The number of piperazine rings is 1. The molecule has 2 aliphatic heterocycles. The summed E-state index contributed by atoms with van der Waals surface area (Å²) >= 11 is 0. The number of carbonyl (C=O) groups is 3. The Morgan fingerprint density at radius 1 is 0.926 bits per heavy atom. The van der Waals surface area contributed by atoms with E-state index in [-0.39, 0.29) is 17.7 Å². The third-order valence-corrected chi connectivity index (χ3v) is 5.14. The molecule has 1 fully saturated rings. The van der Waals surface area contributed by atoms with Crippen molar-refractivity contribution in [3.63, 3.8) is 0 Å². The van der Waals surface area contributed by atoms with Crippen LogP contribution in [0.3, 0.4) is 0 Å². The minimum Gasteiger partial charge on any atom is -0.336 e. The van der Waals surface area contributed by atoms with Crippen LogP contribution in [0.2, 0.25) is 0 Å². The van der Waals surface area contributed by atoms with Crippen LogP contribution < -0.4 is 10.2 Å². The lowest BCUT2D eigenvalue weighted by atomic mass is 10.0. The molecule has 2 aromatic rings. The van der Waals surface area contributed by atoms with Crippen LogP contribution in [0.4, 0.5) is 5.69 Å². The van der Waals surface area contributed by atoms with Crippen LogP contribution >= 0.6 is 0 Å². The monoisotopic (exact) mass is 363 g/mol. The second kappa shape index (κ2) is 6.63. The molecule has 138 valence electrons. The van der Waals surface area contributed by atoms with Gasteiger partial charge in [-0.25, -0.2) is 4.90 Å². The molecule has 1 saturated heterocycles. The molecule has 0 saturated carbocycles. The maximum absolute atomic E-state index is 13.0. The first-order valence-corrected chi connectivity index (χ1v) is 9.07. The summed E-state index contributed by atoms with van der Waals surface area (Å²) in [5.74, 6) is -0.826. The predicted molar refractivity (Wildman–Crippen MR) is 102 cm³/mol. The second-order valence-electron chi connectivity index (χ2n) is 7.04. The molecule has 0 aromatic heterocycles. The molecule has 27 heavy (non-hydrogen) atoms. The number of aryl methyl sites for hydroxylation is 2. The summed E-state index contributed by atoms with van der Waals surface area (Å²) in [5, 5.41) is 3.21. The highest BCUT2D eigenvalue weighted by Crippen LogP contribution is 2.32. The number of carbonyl (C=O) groups excluding carboxylic acids is 3. The zero-order chi connectivity index (χ0) is 19.1. The quantitative estimate of drug-likeness (QED) is 0.830. The van der Waals surface area contributed by atoms with Gasteiger partial charge in [-0.1, -0.05) is 12.1 Å². The van der Waals surface area contributed by atoms with Gasteiger partial charge in [0.05, 0.1) is 16.8 Å². The fraction of sp³-hybridized carbons (Fsp3) is 0.286. The maximum atomic E-state index is 13.0. The van der Waals surface area contributed by atoms with Crippen molar-refractivity contribution >= 4 is 23.4 Å². The molecule has 2 aromatic carbocycles. The van der Waals surface area contributed by atoms with Gasteiger partial charge in [0, 0.05) is 31.7 Å². The van der Waals surface area contributed by atoms with Gasteiger partial charge < -0.3 is 10.2 Å². The largest absolute Gasteiger partial charge is 0.336 e. The summed E-state index contributed by atoms with van der Waals surface area (Å²) in [5.41, 5.74) is 3.50. The van der Waals surface area contributed by atoms with E-state index in [2.05, 4.69) is 5.32 Å². The van der Waals surface area contributed by atoms with Crippen LogP contribution in [0.1, 0.15) is 42.2 Å². The first kappa shape index (κ1) is 17.4. The Bertz CT molecular complexity index is 961. The van der Waals surface area contributed by atoms with Gasteiger partial charge in [-0.15, -0.1) is 0 Å². The van der Waals surface area contributed by atoms with E-state index in [1.54, 1.807) is 23.1 Å². The molecule has 4 rings (SSSR count). The first-order chi connectivity index (χ1) is 13.0. The molecule has 0 bridgehead atoms. The summed E-state index contributed by atoms with van der Waals surface area (Å²) in [6.07, 6.45) is 0. The fourth-order valence-corrected chi connectivity index (χ4v) is 3.60. The fourth-order valence-electron chi connectivity index (χ4n) is 3.60. The standard InChI is InChI=1S/C21H21N3O3/c1-13-3-4-14(2)18(11-13)24-20(26)16-6-5-15(12-17(16)21(24)27)19(25)23-9-7-22-8-10-23/h3-6,11-12,22H,7-10H2,1-2H3. The molecule has 6 heteroatoms. The molecule has 3 amide bonds. The lowest BCUT2D eigenvalue weighted by Gasteiger charge is -2.27. The molecule has 0 aliphatic carbocycles. The average Bonchev–Trinajstić information content (AvgIpc) is 2.94. The Hall–Kier alpha value is -2.99. The summed E-state index contributed by atoms with van der Waals surface area (Å²) in [6.45, 7) is 6.58. The van der Waals surface area contributed by atoms with E-state index in [4.69, 9.17) is 0 Å². The SMILES string of the molecule is Cc1ccc(C)c(N2C(=O)c3ccc(C(=O)N4CCNCC4)cc3C2=O)c1. The molecule has 1 N–H and O–H groups in total. The Morgan fingerprint density at radius 3 is 2.37 bits per heavy atom. The molecule has 0 radical (unpaired) electrons. The normalized spacial score (nSPS) is 16.7. The first-order valence-electron chi connectivity index (χ1n) is 9.07. The molecule has 0 atom stereocenters. The molecular weight excluding hydrogens is 342 g/mol. The Labute approximate surface area is 157 Å². The van der Waals surface area contributed by atoms with Gasteiger partial charge in [0.1, 0.15) is 0 Å². The average molecular weight is 363 g/mol. The molecular formula is C21H21N3O3. The van der Waals surface area contributed by atoms with Crippen molar-refractivity contribution in [2.75, 3.05) is 31.1 Å². The number of imide groups is 1. The summed E-state index contributed by atoms with van der Waals surface area (Å²) < 4.78 is 0. The van der Waals surface area contributed by atoms with E-state index >= 15 is 0 Å². The Morgan fingerprint density at radius 2 is 1.63 bits per heavy atom. The van der Waals surface area contributed by atoms with Crippen molar-refractivity contribution in [1.82, 2.24) is 10.2 Å². The summed E-state index contributed by atoms with van der Waals surface area (Å²) in [4.78, 5) is 41.6. The van der Waals surface area contributed by atoms with Crippen molar-refractivity contribution in [2.45, 2.75) is 13.8 Å². The van der Waals surface area contributed by atoms with Gasteiger partial charge in [0.25, 0.3) is 17.7 Å². The van der Waals surface area contributed by atoms with E-state index in [1.807, 2.05) is 32.0 Å². The highest BCUT2D eigenvalue weighted by molar-refractivity contribution is 6.35. The molecule has 0 unspecified atom stereocenters. The molecule has 2 heterocycles. The number of hydrogen-bond acceptors (Lipinski definition) is 4. The maximum Gasteiger partial charge on any atom is 0.266 e. The van der Waals surface area contributed by atoms with Crippen molar-refractivity contribution < 1.29 is 14.4 Å². The summed E-state index contributed by atoms with van der Waals surface area (Å²) in [6, 6.07) is 10.5. The topological polar surface area (TPSA) is 69.7 Å². The second-order valence-corrected chi connectivity index (χ2v) is 7.04. The minimum absolute atomic E-state index is 0.107. The number of anilines is 1. The van der Waals surface area contributed by atoms with Gasteiger partial charge >= 0.3 is 0 Å². The number of amides is 3. The zero-order valence-electron chi connectivity index (χ0n) is 15.4. The van der Waals surface area contributed by atoms with Gasteiger partial charge in [-0.2, -0.15) is 0 Å². The smallest absolute Gasteiger partial charge is 0.266 e. The van der Waals surface area contributed by atoms with Crippen LogP contribution in [0.5, 0.6) is 0 Å². The van der Waals surface area contributed by atoms with Crippen LogP contribution in [0.25, 0.3) is 0 Å². The van der Waals surface area contributed by atoms with Gasteiger partial charge in [0.2, 0.25) is 0 Å². The number of nitrogens with zero attached hydrogens (tertiary/aromatic N) is 2. The number of nitrogens with one attached hydrogen (secondary N) is 1. The molecule has 6 nitrogen and oxygen atoms in total. The number of rotatable bonds is 2. The van der Waals surface area contributed by atoms with Crippen molar-refractivity contribution in [2.24, 2.45) is 0 Å². The third-order valence-electron chi connectivity index (χ3n) is 5.14. The Kier molecular flexibility index (Phi) is 4.28. The minimum atomic E-state index is -0.376. The molecule has 0 spiro atoms. The highest BCUT2D eigenvalue weighted by Gasteiger charge is 2.38. The van der Waals surface area contributed by atoms with E-state index in [0.717, 1.165) is 24.2 Å². The van der Waals surface area contributed by atoms with E-state index in [9.17, 15) is 14.4 Å². The predicted octanol–water partition coefficient (Wildman–Crippen LogP) is 2.15.